The number of hydrogen-bond donors (Lipinski definition) is 1. The Morgan fingerprint density at radius 1 is 1.33 bits per heavy atom. The molecule has 1 saturated heterocycles. The lowest BCUT2D eigenvalue weighted by atomic mass is 10.1. The number of benzene rings is 1. The lowest BCUT2D eigenvalue weighted by Gasteiger charge is -2.15. The first-order chi connectivity index (χ1) is 8.47. The Balaban J connectivity index is 2.11. The van der Waals surface area contributed by atoms with Crippen molar-refractivity contribution >= 4 is 0 Å². The molecule has 0 radical (unpaired) electrons. The summed E-state index contributed by atoms with van der Waals surface area (Å²) < 4.78 is 56.1. The van der Waals surface area contributed by atoms with Gasteiger partial charge in [-0.1, -0.05) is 6.07 Å². The number of rotatable bonds is 3. The van der Waals surface area contributed by atoms with Gasteiger partial charge >= 0.3 is 6.18 Å². The molecule has 1 fully saturated rings. The van der Waals surface area contributed by atoms with Crippen molar-refractivity contribution in [2.45, 2.75) is 25.2 Å². The Morgan fingerprint density at radius 3 is 2.72 bits per heavy atom. The first kappa shape index (κ1) is 13.3. The van der Waals surface area contributed by atoms with Gasteiger partial charge in [-0.3, -0.25) is 0 Å². The molecule has 0 amide bonds. The van der Waals surface area contributed by atoms with Gasteiger partial charge in [-0.2, -0.15) is 13.2 Å². The molecule has 2 rings (SSSR count). The quantitative estimate of drug-likeness (QED) is 0.847. The van der Waals surface area contributed by atoms with Crippen molar-refractivity contribution in [2.75, 3.05) is 13.2 Å². The highest BCUT2D eigenvalue weighted by atomic mass is 19.4. The molecule has 1 N–H and O–H groups in total. The number of hydrogen-bond acceptors (Lipinski definition) is 2. The summed E-state index contributed by atoms with van der Waals surface area (Å²) in [4.78, 5) is 0. The minimum Gasteiger partial charge on any atom is -0.380 e. The van der Waals surface area contributed by atoms with Crippen LogP contribution in [0.25, 0.3) is 0 Å². The summed E-state index contributed by atoms with van der Waals surface area (Å²) >= 11 is 0. The highest BCUT2D eigenvalue weighted by Gasteiger charge is 2.33. The molecule has 1 atom stereocenters. The van der Waals surface area contributed by atoms with Crippen LogP contribution in [0.5, 0.6) is 0 Å². The molecular weight excluding hydrogens is 250 g/mol. The van der Waals surface area contributed by atoms with Crippen LogP contribution in [0.2, 0.25) is 0 Å². The third-order valence-corrected chi connectivity index (χ3v) is 2.89. The maximum atomic E-state index is 12.9. The molecule has 0 aliphatic carbocycles. The average molecular weight is 263 g/mol. The van der Waals surface area contributed by atoms with Crippen LogP contribution < -0.4 is 5.32 Å². The molecule has 2 nitrogen and oxygen atoms in total. The Bertz CT molecular complexity index is 413. The van der Waals surface area contributed by atoms with E-state index in [0.717, 1.165) is 12.5 Å². The van der Waals surface area contributed by atoms with Gasteiger partial charge in [-0.15, -0.1) is 0 Å². The third kappa shape index (κ3) is 3.20. The van der Waals surface area contributed by atoms with Crippen molar-refractivity contribution in [1.29, 1.82) is 0 Å². The summed E-state index contributed by atoms with van der Waals surface area (Å²) in [5.74, 6) is -0.879. The van der Waals surface area contributed by atoms with E-state index in [1.165, 1.54) is 6.07 Å². The van der Waals surface area contributed by atoms with Crippen LogP contribution in [0.15, 0.2) is 18.2 Å². The van der Waals surface area contributed by atoms with Crippen molar-refractivity contribution in [3.8, 4) is 0 Å². The van der Waals surface area contributed by atoms with E-state index in [2.05, 4.69) is 5.32 Å². The number of nitrogens with one attached hydrogen (secondary N) is 1. The zero-order valence-electron chi connectivity index (χ0n) is 9.56. The molecular formula is C12H13F4NO. The van der Waals surface area contributed by atoms with E-state index >= 15 is 0 Å². The zero-order chi connectivity index (χ0) is 13.2. The number of halogens is 4. The van der Waals surface area contributed by atoms with Crippen LogP contribution in [-0.4, -0.2) is 19.3 Å². The Kier molecular flexibility index (Phi) is 3.87. The summed E-state index contributed by atoms with van der Waals surface area (Å²) in [5, 5.41) is 2.98. The van der Waals surface area contributed by atoms with E-state index in [1.807, 2.05) is 0 Å². The van der Waals surface area contributed by atoms with Crippen molar-refractivity contribution < 1.29 is 22.3 Å². The fourth-order valence-corrected chi connectivity index (χ4v) is 1.92. The van der Waals surface area contributed by atoms with Gasteiger partial charge < -0.3 is 10.1 Å². The fraction of sp³-hybridized carbons (Fsp3) is 0.500. The second kappa shape index (κ2) is 5.24. The second-order valence-corrected chi connectivity index (χ2v) is 4.24. The first-order valence-corrected chi connectivity index (χ1v) is 5.63. The molecule has 1 aromatic carbocycles. The van der Waals surface area contributed by atoms with Crippen LogP contribution in [0.1, 0.15) is 17.5 Å². The lowest BCUT2D eigenvalue weighted by molar-refractivity contribution is -0.138. The van der Waals surface area contributed by atoms with Gasteiger partial charge in [0.15, 0.2) is 0 Å². The molecule has 18 heavy (non-hydrogen) atoms. The summed E-state index contributed by atoms with van der Waals surface area (Å²) in [5.41, 5.74) is -0.871. The van der Waals surface area contributed by atoms with E-state index in [1.54, 1.807) is 0 Å². The molecule has 0 spiro atoms. The van der Waals surface area contributed by atoms with Gasteiger partial charge in [0.1, 0.15) is 5.82 Å². The lowest BCUT2D eigenvalue weighted by Crippen LogP contribution is -2.29. The highest BCUT2D eigenvalue weighted by Crippen LogP contribution is 2.32. The average Bonchev–Trinajstić information content (AvgIpc) is 2.79. The van der Waals surface area contributed by atoms with E-state index in [-0.39, 0.29) is 18.2 Å². The second-order valence-electron chi connectivity index (χ2n) is 4.24. The maximum Gasteiger partial charge on any atom is 0.416 e. The molecule has 0 bridgehead atoms. The standard InChI is InChI=1S/C12H13F4NO/c13-9-2-1-8(11(5-9)12(14,15)16)6-17-10-3-4-18-7-10/h1-2,5,10,17H,3-4,6-7H2. The van der Waals surface area contributed by atoms with Crippen molar-refractivity contribution in [3.63, 3.8) is 0 Å². The van der Waals surface area contributed by atoms with E-state index in [0.29, 0.717) is 19.3 Å². The van der Waals surface area contributed by atoms with E-state index in [4.69, 9.17) is 4.74 Å². The van der Waals surface area contributed by atoms with Gasteiger partial charge in [-0.05, 0) is 24.1 Å². The monoisotopic (exact) mass is 263 g/mol. The van der Waals surface area contributed by atoms with Crippen LogP contribution >= 0.6 is 0 Å². The first-order valence-electron chi connectivity index (χ1n) is 5.63. The van der Waals surface area contributed by atoms with Crippen molar-refractivity contribution in [2.24, 2.45) is 0 Å². The predicted molar refractivity (Wildman–Crippen MR) is 57.5 cm³/mol. The predicted octanol–water partition coefficient (Wildman–Crippen LogP) is 2.72. The van der Waals surface area contributed by atoms with Gasteiger partial charge in [0.25, 0.3) is 0 Å². The zero-order valence-corrected chi connectivity index (χ0v) is 9.56. The largest absolute Gasteiger partial charge is 0.416 e. The van der Waals surface area contributed by atoms with Gasteiger partial charge in [0, 0.05) is 19.2 Å². The maximum absolute atomic E-state index is 12.9. The van der Waals surface area contributed by atoms with E-state index in [9.17, 15) is 17.6 Å². The smallest absolute Gasteiger partial charge is 0.380 e. The molecule has 6 heteroatoms. The third-order valence-electron chi connectivity index (χ3n) is 2.89. The molecule has 1 unspecified atom stereocenters. The van der Waals surface area contributed by atoms with Crippen LogP contribution in [-0.2, 0) is 17.5 Å². The van der Waals surface area contributed by atoms with Crippen LogP contribution in [0, 0.1) is 5.82 Å². The van der Waals surface area contributed by atoms with Gasteiger partial charge in [-0.25, -0.2) is 4.39 Å². The molecule has 100 valence electrons. The minimum atomic E-state index is -4.54. The Morgan fingerprint density at radius 2 is 2.11 bits per heavy atom. The minimum absolute atomic E-state index is 0.0517. The Hall–Kier alpha value is -1.14. The molecule has 0 aromatic heterocycles. The summed E-state index contributed by atoms with van der Waals surface area (Å²) in [6, 6.07) is 2.80. The van der Waals surface area contributed by atoms with Crippen molar-refractivity contribution in [1.82, 2.24) is 5.32 Å². The normalized spacial score (nSPS) is 20.3. The number of ether oxygens (including phenoxy) is 1. The fourth-order valence-electron chi connectivity index (χ4n) is 1.92. The number of alkyl halides is 3. The summed E-state index contributed by atoms with van der Waals surface area (Å²) in [7, 11) is 0. The van der Waals surface area contributed by atoms with Crippen LogP contribution in [0.3, 0.4) is 0 Å². The summed E-state index contributed by atoms with van der Waals surface area (Å²) in [6.07, 6.45) is -3.76. The summed E-state index contributed by atoms with van der Waals surface area (Å²) in [6.45, 7) is 1.18. The Labute approximate surface area is 102 Å². The van der Waals surface area contributed by atoms with Gasteiger partial charge in [0.05, 0.1) is 12.2 Å². The molecule has 1 aliphatic heterocycles. The highest BCUT2D eigenvalue weighted by molar-refractivity contribution is 5.30. The molecule has 1 aliphatic rings. The molecule has 0 saturated carbocycles. The molecule has 1 aromatic rings. The van der Waals surface area contributed by atoms with Crippen molar-refractivity contribution in [3.05, 3.63) is 35.1 Å². The van der Waals surface area contributed by atoms with Gasteiger partial charge in [0.2, 0.25) is 0 Å². The van der Waals surface area contributed by atoms with E-state index < -0.39 is 17.6 Å². The SMILES string of the molecule is Fc1ccc(CNC2CCOC2)c(C(F)(F)F)c1. The topological polar surface area (TPSA) is 21.3 Å². The molecule has 1 heterocycles. The van der Waals surface area contributed by atoms with Crippen LogP contribution in [0.4, 0.5) is 17.6 Å².